The Bertz CT molecular complexity index is 808. The van der Waals surface area contributed by atoms with Crippen molar-refractivity contribution in [3.05, 3.63) is 48.0 Å². The van der Waals surface area contributed by atoms with E-state index in [4.69, 9.17) is 4.74 Å². The third-order valence-corrected chi connectivity index (χ3v) is 5.15. The van der Waals surface area contributed by atoms with E-state index in [0.29, 0.717) is 12.2 Å². The highest BCUT2D eigenvalue weighted by Crippen LogP contribution is 2.32. The SMILES string of the molecule is Cn1cc(CN2CCCC3(C2)CN(c2cccc(F)c2)C(=O)CO3)cn1. The van der Waals surface area contributed by atoms with E-state index in [0.717, 1.165) is 32.5 Å². The lowest BCUT2D eigenvalue weighted by atomic mass is 9.90. The van der Waals surface area contributed by atoms with E-state index in [2.05, 4.69) is 10.00 Å². The molecule has 2 aromatic rings. The highest BCUT2D eigenvalue weighted by atomic mass is 19.1. The molecule has 1 spiro atoms. The fourth-order valence-corrected chi connectivity index (χ4v) is 3.98. The Morgan fingerprint density at radius 3 is 3.00 bits per heavy atom. The van der Waals surface area contributed by atoms with Crippen molar-refractivity contribution in [1.29, 1.82) is 0 Å². The molecule has 1 atom stereocenters. The summed E-state index contributed by atoms with van der Waals surface area (Å²) in [6, 6.07) is 6.21. The number of carbonyl (C=O) groups excluding carboxylic acids is 1. The number of piperidine rings is 1. The van der Waals surface area contributed by atoms with Crippen molar-refractivity contribution in [3.63, 3.8) is 0 Å². The number of aryl methyl sites for hydroxylation is 1. The molecule has 2 saturated heterocycles. The van der Waals surface area contributed by atoms with E-state index in [1.54, 1.807) is 21.7 Å². The minimum atomic E-state index is -0.402. The summed E-state index contributed by atoms with van der Waals surface area (Å²) in [5, 5.41) is 4.23. The average molecular weight is 358 g/mol. The second-order valence-corrected chi connectivity index (χ2v) is 7.27. The maximum Gasteiger partial charge on any atom is 0.253 e. The minimum Gasteiger partial charge on any atom is -0.362 e. The molecule has 4 rings (SSSR count). The number of hydrogen-bond acceptors (Lipinski definition) is 4. The Balaban J connectivity index is 1.50. The van der Waals surface area contributed by atoms with E-state index in [9.17, 15) is 9.18 Å². The van der Waals surface area contributed by atoms with Crippen molar-refractivity contribution in [2.24, 2.45) is 7.05 Å². The lowest BCUT2D eigenvalue weighted by Gasteiger charge is -2.47. The first-order chi connectivity index (χ1) is 12.5. The predicted octanol–water partition coefficient (Wildman–Crippen LogP) is 1.96. The van der Waals surface area contributed by atoms with Crippen LogP contribution < -0.4 is 4.90 Å². The van der Waals surface area contributed by atoms with Crippen molar-refractivity contribution in [1.82, 2.24) is 14.7 Å². The molecule has 3 heterocycles. The fourth-order valence-electron chi connectivity index (χ4n) is 3.98. The average Bonchev–Trinajstić information content (AvgIpc) is 3.02. The molecule has 0 aliphatic carbocycles. The van der Waals surface area contributed by atoms with Crippen molar-refractivity contribution < 1.29 is 13.9 Å². The van der Waals surface area contributed by atoms with Crippen molar-refractivity contribution in [2.45, 2.75) is 25.0 Å². The van der Waals surface area contributed by atoms with Crippen molar-refractivity contribution in [2.75, 3.05) is 31.1 Å². The molecule has 2 aliphatic rings. The van der Waals surface area contributed by atoms with E-state index < -0.39 is 5.60 Å². The Morgan fingerprint density at radius 2 is 2.23 bits per heavy atom. The number of ether oxygens (including phenoxy) is 1. The zero-order valence-electron chi connectivity index (χ0n) is 14.9. The monoisotopic (exact) mass is 358 g/mol. The maximum absolute atomic E-state index is 13.6. The van der Waals surface area contributed by atoms with Crippen LogP contribution in [0.1, 0.15) is 18.4 Å². The van der Waals surface area contributed by atoms with Gasteiger partial charge >= 0.3 is 0 Å². The van der Waals surface area contributed by atoms with Gasteiger partial charge in [-0.1, -0.05) is 6.07 Å². The summed E-state index contributed by atoms with van der Waals surface area (Å²) in [4.78, 5) is 16.4. The molecule has 0 saturated carbocycles. The summed E-state index contributed by atoms with van der Waals surface area (Å²) in [5.74, 6) is -0.455. The maximum atomic E-state index is 13.6. The van der Waals surface area contributed by atoms with Crippen molar-refractivity contribution >= 4 is 11.6 Å². The van der Waals surface area contributed by atoms with Crippen LogP contribution in [0.4, 0.5) is 10.1 Å². The quantitative estimate of drug-likeness (QED) is 0.842. The molecule has 1 aromatic heterocycles. The van der Waals surface area contributed by atoms with Gasteiger partial charge in [0.25, 0.3) is 5.91 Å². The number of benzene rings is 1. The summed E-state index contributed by atoms with van der Waals surface area (Å²) in [5.41, 5.74) is 1.36. The lowest BCUT2D eigenvalue weighted by molar-refractivity contribution is -0.146. The largest absolute Gasteiger partial charge is 0.362 e. The molecule has 1 amide bonds. The molecular formula is C19H23FN4O2. The van der Waals surface area contributed by atoms with Crippen LogP contribution in [0.5, 0.6) is 0 Å². The number of aromatic nitrogens is 2. The smallest absolute Gasteiger partial charge is 0.253 e. The van der Waals surface area contributed by atoms with Gasteiger partial charge in [-0.05, 0) is 37.6 Å². The summed E-state index contributed by atoms with van der Waals surface area (Å²) in [7, 11) is 1.91. The summed E-state index contributed by atoms with van der Waals surface area (Å²) >= 11 is 0. The molecule has 2 aliphatic heterocycles. The second-order valence-electron chi connectivity index (χ2n) is 7.27. The van der Waals surface area contributed by atoms with E-state index >= 15 is 0 Å². The first kappa shape index (κ1) is 17.2. The van der Waals surface area contributed by atoms with Gasteiger partial charge in [0.15, 0.2) is 0 Å². The minimum absolute atomic E-state index is 0.0389. The Hall–Kier alpha value is -2.25. The fraction of sp³-hybridized carbons (Fsp3) is 0.474. The van der Waals surface area contributed by atoms with Crippen molar-refractivity contribution in [3.8, 4) is 0 Å². The Kier molecular flexibility index (Phi) is 4.50. The second kappa shape index (κ2) is 6.81. The number of amides is 1. The number of morpholine rings is 1. The van der Waals surface area contributed by atoms with Crippen LogP contribution >= 0.6 is 0 Å². The number of nitrogens with zero attached hydrogens (tertiary/aromatic N) is 4. The molecule has 26 heavy (non-hydrogen) atoms. The molecule has 6 nitrogen and oxygen atoms in total. The standard InChI is InChI=1S/C19H23FN4O2/c1-22-10-15(9-21-22)11-23-7-3-6-19(13-23)14-24(18(25)12-26-19)17-5-2-4-16(20)8-17/h2,4-5,8-10H,3,6-7,11-14H2,1H3. The van der Waals surface area contributed by atoms with Gasteiger partial charge in [0, 0.05) is 37.6 Å². The zero-order chi connectivity index (χ0) is 18.1. The van der Waals surface area contributed by atoms with Gasteiger partial charge in [-0.2, -0.15) is 5.10 Å². The van der Waals surface area contributed by atoms with Crippen LogP contribution in [0.15, 0.2) is 36.7 Å². The molecule has 2 fully saturated rings. The summed E-state index contributed by atoms with van der Waals surface area (Å²) < 4.78 is 21.4. The number of hydrogen-bond donors (Lipinski definition) is 0. The van der Waals surface area contributed by atoms with Crippen LogP contribution in [-0.4, -0.2) is 52.4 Å². The number of halogens is 1. The van der Waals surface area contributed by atoms with Gasteiger partial charge in [0.1, 0.15) is 12.4 Å². The zero-order valence-corrected chi connectivity index (χ0v) is 14.9. The van der Waals surface area contributed by atoms with E-state index in [1.165, 1.54) is 17.7 Å². The highest BCUT2D eigenvalue weighted by molar-refractivity contribution is 5.95. The first-order valence-corrected chi connectivity index (χ1v) is 8.93. The molecule has 1 aromatic carbocycles. The Morgan fingerprint density at radius 1 is 1.35 bits per heavy atom. The van der Waals surface area contributed by atoms with Crippen LogP contribution in [0.2, 0.25) is 0 Å². The van der Waals surface area contributed by atoms with E-state index in [-0.39, 0.29) is 18.3 Å². The van der Waals surface area contributed by atoms with Gasteiger partial charge in [-0.25, -0.2) is 4.39 Å². The Labute approximate surface area is 152 Å². The molecule has 0 N–H and O–H groups in total. The molecular weight excluding hydrogens is 335 g/mol. The normalized spacial score (nSPS) is 24.4. The third kappa shape index (κ3) is 3.50. The van der Waals surface area contributed by atoms with Crippen LogP contribution in [0.25, 0.3) is 0 Å². The molecule has 1 unspecified atom stereocenters. The predicted molar refractivity (Wildman–Crippen MR) is 95.2 cm³/mol. The molecule has 0 bridgehead atoms. The van der Waals surface area contributed by atoms with Crippen LogP contribution in [0.3, 0.4) is 0 Å². The third-order valence-electron chi connectivity index (χ3n) is 5.15. The highest BCUT2D eigenvalue weighted by Gasteiger charge is 2.43. The van der Waals surface area contributed by atoms with E-state index in [1.807, 2.05) is 19.4 Å². The number of rotatable bonds is 3. The summed E-state index contributed by atoms with van der Waals surface area (Å²) in [6.45, 7) is 3.05. The summed E-state index contributed by atoms with van der Waals surface area (Å²) in [6.07, 6.45) is 5.80. The van der Waals surface area contributed by atoms with Gasteiger partial charge in [-0.3, -0.25) is 14.4 Å². The van der Waals surface area contributed by atoms with Gasteiger partial charge in [0.05, 0.1) is 18.3 Å². The van der Waals surface area contributed by atoms with Gasteiger partial charge < -0.3 is 9.64 Å². The van der Waals surface area contributed by atoms with Crippen LogP contribution in [0, 0.1) is 5.82 Å². The number of carbonyl (C=O) groups is 1. The number of likely N-dealkylation sites (tertiary alicyclic amines) is 1. The molecule has 0 radical (unpaired) electrons. The molecule has 138 valence electrons. The molecule has 7 heteroatoms. The van der Waals surface area contributed by atoms with Gasteiger partial charge in [0.2, 0.25) is 0 Å². The van der Waals surface area contributed by atoms with Crippen LogP contribution in [-0.2, 0) is 23.1 Å². The van der Waals surface area contributed by atoms with Gasteiger partial charge in [-0.15, -0.1) is 0 Å². The lowest BCUT2D eigenvalue weighted by Crippen LogP contribution is -2.61. The topological polar surface area (TPSA) is 50.6 Å². The number of anilines is 1. The first-order valence-electron chi connectivity index (χ1n) is 8.93.